The lowest BCUT2D eigenvalue weighted by Crippen LogP contribution is -2.46. The van der Waals surface area contributed by atoms with E-state index >= 15 is 0 Å². The fourth-order valence-electron chi connectivity index (χ4n) is 2.84. The van der Waals surface area contributed by atoms with Crippen molar-refractivity contribution in [1.82, 2.24) is 5.32 Å². The molecule has 3 heteroatoms. The van der Waals surface area contributed by atoms with E-state index < -0.39 is 0 Å². The molecule has 0 saturated heterocycles. The normalized spacial score (nSPS) is 23.3. The van der Waals surface area contributed by atoms with E-state index in [-0.39, 0.29) is 0 Å². The van der Waals surface area contributed by atoms with E-state index in [0.29, 0.717) is 12.1 Å². The Kier molecular flexibility index (Phi) is 5.23. The van der Waals surface area contributed by atoms with Gasteiger partial charge >= 0.3 is 0 Å². The van der Waals surface area contributed by atoms with E-state index in [4.69, 9.17) is 10.5 Å². The van der Waals surface area contributed by atoms with Crippen molar-refractivity contribution in [2.24, 2.45) is 5.73 Å². The van der Waals surface area contributed by atoms with Gasteiger partial charge in [0.15, 0.2) is 0 Å². The molecule has 1 saturated carbocycles. The average Bonchev–Trinajstić information content (AvgIpc) is 2.46. The molecule has 0 amide bonds. The van der Waals surface area contributed by atoms with Crippen molar-refractivity contribution in [3.8, 4) is 5.75 Å². The fourth-order valence-corrected chi connectivity index (χ4v) is 2.84. The molecule has 1 aromatic rings. The summed E-state index contributed by atoms with van der Waals surface area (Å²) in [4.78, 5) is 0. The van der Waals surface area contributed by atoms with Crippen molar-refractivity contribution < 1.29 is 4.74 Å². The van der Waals surface area contributed by atoms with Crippen LogP contribution in [-0.4, -0.2) is 19.2 Å². The highest BCUT2D eigenvalue weighted by Gasteiger charge is 2.21. The topological polar surface area (TPSA) is 47.3 Å². The van der Waals surface area contributed by atoms with Gasteiger partial charge in [0, 0.05) is 24.2 Å². The molecule has 2 rings (SSSR count). The van der Waals surface area contributed by atoms with Crippen LogP contribution in [0, 0.1) is 0 Å². The van der Waals surface area contributed by atoms with Gasteiger partial charge in [-0.1, -0.05) is 31.9 Å². The second-order valence-electron chi connectivity index (χ2n) is 5.44. The number of methoxy groups -OCH3 is 1. The smallest absolute Gasteiger partial charge is 0.123 e. The van der Waals surface area contributed by atoms with Gasteiger partial charge in [-0.25, -0.2) is 0 Å². The van der Waals surface area contributed by atoms with Gasteiger partial charge in [0.05, 0.1) is 7.11 Å². The van der Waals surface area contributed by atoms with Crippen molar-refractivity contribution in [3.63, 3.8) is 0 Å². The van der Waals surface area contributed by atoms with Crippen LogP contribution in [0.3, 0.4) is 0 Å². The maximum absolute atomic E-state index is 6.18. The molecule has 0 aromatic heterocycles. The maximum Gasteiger partial charge on any atom is 0.123 e. The second-order valence-corrected chi connectivity index (χ2v) is 5.44. The van der Waals surface area contributed by atoms with Crippen molar-refractivity contribution in [2.75, 3.05) is 7.11 Å². The predicted octanol–water partition coefficient (Wildman–Crippen LogP) is 2.62. The summed E-state index contributed by atoms with van der Waals surface area (Å²) in [6, 6.07) is 7.18. The SMILES string of the molecule is CCc1ccc(OC)c(CNC2CCCCC2N)c1. The summed E-state index contributed by atoms with van der Waals surface area (Å²) in [7, 11) is 1.73. The Hall–Kier alpha value is -1.06. The van der Waals surface area contributed by atoms with Crippen LogP contribution in [0.15, 0.2) is 18.2 Å². The molecular weight excluding hydrogens is 236 g/mol. The summed E-state index contributed by atoms with van der Waals surface area (Å²) < 4.78 is 5.44. The zero-order valence-electron chi connectivity index (χ0n) is 12.1. The van der Waals surface area contributed by atoms with Crippen LogP contribution in [0.2, 0.25) is 0 Å². The monoisotopic (exact) mass is 262 g/mol. The van der Waals surface area contributed by atoms with E-state index in [2.05, 4.69) is 30.4 Å². The average molecular weight is 262 g/mol. The van der Waals surface area contributed by atoms with Crippen LogP contribution >= 0.6 is 0 Å². The number of hydrogen-bond acceptors (Lipinski definition) is 3. The Morgan fingerprint density at radius 3 is 2.79 bits per heavy atom. The lowest BCUT2D eigenvalue weighted by molar-refractivity contribution is 0.324. The van der Waals surface area contributed by atoms with Gasteiger partial charge in [0.25, 0.3) is 0 Å². The Morgan fingerprint density at radius 1 is 1.32 bits per heavy atom. The largest absolute Gasteiger partial charge is 0.496 e. The number of benzene rings is 1. The van der Waals surface area contributed by atoms with Crippen LogP contribution in [0.1, 0.15) is 43.7 Å². The molecule has 0 bridgehead atoms. The van der Waals surface area contributed by atoms with Crippen LogP contribution in [0.25, 0.3) is 0 Å². The molecule has 1 aliphatic rings. The first-order valence-corrected chi connectivity index (χ1v) is 7.39. The Balaban J connectivity index is 2.01. The lowest BCUT2D eigenvalue weighted by atomic mass is 9.91. The van der Waals surface area contributed by atoms with Gasteiger partial charge in [-0.3, -0.25) is 0 Å². The molecular formula is C16H26N2O. The zero-order chi connectivity index (χ0) is 13.7. The first kappa shape index (κ1) is 14.4. The van der Waals surface area contributed by atoms with E-state index in [1.807, 2.05) is 0 Å². The third kappa shape index (κ3) is 3.71. The number of ether oxygens (including phenoxy) is 1. The molecule has 1 aliphatic carbocycles. The molecule has 0 aliphatic heterocycles. The van der Waals surface area contributed by atoms with Crippen LogP contribution in [0.5, 0.6) is 5.75 Å². The fraction of sp³-hybridized carbons (Fsp3) is 0.625. The third-order valence-corrected chi connectivity index (χ3v) is 4.13. The van der Waals surface area contributed by atoms with Gasteiger partial charge in [-0.2, -0.15) is 0 Å². The molecule has 2 unspecified atom stereocenters. The Bertz CT molecular complexity index is 406. The molecule has 3 N–H and O–H groups in total. The molecule has 0 radical (unpaired) electrons. The molecule has 2 atom stereocenters. The molecule has 1 aromatic carbocycles. The van der Waals surface area contributed by atoms with Crippen LogP contribution < -0.4 is 15.8 Å². The molecule has 19 heavy (non-hydrogen) atoms. The maximum atomic E-state index is 6.18. The van der Waals surface area contributed by atoms with Gasteiger partial charge in [-0.15, -0.1) is 0 Å². The van der Waals surface area contributed by atoms with E-state index in [0.717, 1.165) is 25.1 Å². The summed E-state index contributed by atoms with van der Waals surface area (Å²) in [5.74, 6) is 0.967. The summed E-state index contributed by atoms with van der Waals surface area (Å²) >= 11 is 0. The number of rotatable bonds is 5. The minimum atomic E-state index is 0.300. The van der Waals surface area contributed by atoms with Gasteiger partial charge < -0.3 is 15.8 Å². The first-order valence-electron chi connectivity index (χ1n) is 7.39. The van der Waals surface area contributed by atoms with E-state index in [9.17, 15) is 0 Å². The number of aryl methyl sites for hydroxylation is 1. The van der Waals surface area contributed by atoms with Crippen molar-refractivity contribution >= 4 is 0 Å². The zero-order valence-corrected chi connectivity index (χ0v) is 12.1. The first-order chi connectivity index (χ1) is 9.24. The quantitative estimate of drug-likeness (QED) is 0.857. The summed E-state index contributed by atoms with van der Waals surface area (Å²) in [6.07, 6.45) is 5.95. The lowest BCUT2D eigenvalue weighted by Gasteiger charge is -2.29. The second kappa shape index (κ2) is 6.92. The van der Waals surface area contributed by atoms with Gasteiger partial charge in [0.1, 0.15) is 5.75 Å². The van der Waals surface area contributed by atoms with E-state index in [1.54, 1.807) is 7.11 Å². The third-order valence-electron chi connectivity index (χ3n) is 4.13. The minimum Gasteiger partial charge on any atom is -0.496 e. The van der Waals surface area contributed by atoms with E-state index in [1.165, 1.54) is 30.4 Å². The van der Waals surface area contributed by atoms with Crippen molar-refractivity contribution in [1.29, 1.82) is 0 Å². The van der Waals surface area contributed by atoms with Crippen LogP contribution in [-0.2, 0) is 13.0 Å². The van der Waals surface area contributed by atoms with Gasteiger partial charge in [-0.05, 0) is 30.9 Å². The summed E-state index contributed by atoms with van der Waals surface area (Å²) in [5.41, 5.74) is 8.76. The summed E-state index contributed by atoms with van der Waals surface area (Å²) in [6.45, 7) is 3.02. The standard InChI is InChI=1S/C16H26N2O/c1-3-12-8-9-16(19-2)13(10-12)11-18-15-7-5-4-6-14(15)17/h8-10,14-15,18H,3-7,11,17H2,1-2H3. The number of hydrogen-bond donors (Lipinski definition) is 2. The minimum absolute atomic E-state index is 0.300. The van der Waals surface area contributed by atoms with Crippen molar-refractivity contribution in [3.05, 3.63) is 29.3 Å². The predicted molar refractivity (Wildman–Crippen MR) is 79.4 cm³/mol. The molecule has 0 heterocycles. The Morgan fingerprint density at radius 2 is 2.11 bits per heavy atom. The molecule has 106 valence electrons. The highest BCUT2D eigenvalue weighted by Crippen LogP contribution is 2.22. The molecule has 0 spiro atoms. The van der Waals surface area contributed by atoms with Crippen molar-refractivity contribution in [2.45, 2.75) is 57.7 Å². The highest BCUT2D eigenvalue weighted by molar-refractivity contribution is 5.37. The number of nitrogens with one attached hydrogen (secondary N) is 1. The van der Waals surface area contributed by atoms with Gasteiger partial charge in [0.2, 0.25) is 0 Å². The van der Waals surface area contributed by atoms with Crippen LogP contribution in [0.4, 0.5) is 0 Å². The Labute approximate surface area is 116 Å². The molecule has 3 nitrogen and oxygen atoms in total. The summed E-state index contributed by atoms with van der Waals surface area (Å²) in [5, 5.41) is 3.61. The highest BCUT2D eigenvalue weighted by atomic mass is 16.5. The number of nitrogens with two attached hydrogens (primary N) is 1. The molecule has 1 fully saturated rings.